The van der Waals surface area contributed by atoms with Gasteiger partial charge in [-0.2, -0.15) is 0 Å². The third kappa shape index (κ3) is 2.67. The molecule has 124 valence electrons. The number of rotatable bonds is 3. The molecule has 3 heterocycles. The van der Waals surface area contributed by atoms with Gasteiger partial charge in [-0.25, -0.2) is 4.98 Å². The van der Waals surface area contributed by atoms with Crippen molar-refractivity contribution in [2.75, 3.05) is 18.0 Å². The number of halogens is 1. The molecule has 1 saturated carbocycles. The maximum absolute atomic E-state index is 6.07. The van der Waals surface area contributed by atoms with Gasteiger partial charge >= 0.3 is 0 Å². The van der Waals surface area contributed by atoms with Gasteiger partial charge in [0.15, 0.2) is 5.13 Å². The van der Waals surface area contributed by atoms with Crippen molar-refractivity contribution in [3.8, 4) is 0 Å². The van der Waals surface area contributed by atoms with Crippen LogP contribution in [0.3, 0.4) is 0 Å². The minimum absolute atomic E-state index is 0.380. The monoisotopic (exact) mass is 360 g/mol. The third-order valence-corrected chi connectivity index (χ3v) is 6.15. The second kappa shape index (κ2) is 5.70. The Morgan fingerprint density at radius 1 is 1.04 bits per heavy atom. The second-order valence-electron chi connectivity index (χ2n) is 6.62. The highest BCUT2D eigenvalue weighted by Crippen LogP contribution is 2.40. The molecule has 1 saturated heterocycles. The Morgan fingerprint density at radius 3 is 2.46 bits per heavy atom. The van der Waals surface area contributed by atoms with E-state index in [0.717, 1.165) is 58.1 Å². The van der Waals surface area contributed by atoms with Crippen molar-refractivity contribution in [1.82, 2.24) is 15.2 Å². The van der Waals surface area contributed by atoms with Crippen LogP contribution in [0.25, 0.3) is 10.2 Å². The fourth-order valence-electron chi connectivity index (χ4n) is 3.25. The average Bonchev–Trinajstić information content (AvgIpc) is 3.18. The maximum atomic E-state index is 6.07. The first-order valence-electron chi connectivity index (χ1n) is 8.40. The molecule has 0 bridgehead atoms. The Hall–Kier alpha value is -1.66. The highest BCUT2D eigenvalue weighted by molar-refractivity contribution is 7.22. The van der Waals surface area contributed by atoms with Crippen LogP contribution in [-0.2, 0) is 0 Å². The number of piperidine rings is 1. The van der Waals surface area contributed by atoms with E-state index in [2.05, 4.69) is 15.1 Å². The smallest absolute Gasteiger partial charge is 0.219 e. The van der Waals surface area contributed by atoms with Crippen LogP contribution in [-0.4, -0.2) is 28.3 Å². The lowest BCUT2D eigenvalue weighted by Crippen LogP contribution is -2.32. The fourth-order valence-corrected chi connectivity index (χ4v) is 4.54. The Bertz CT molecular complexity index is 880. The van der Waals surface area contributed by atoms with E-state index < -0.39 is 0 Å². The molecule has 0 radical (unpaired) electrons. The van der Waals surface area contributed by atoms with Crippen molar-refractivity contribution >= 4 is 38.3 Å². The lowest BCUT2D eigenvalue weighted by molar-refractivity contribution is 0.376. The van der Waals surface area contributed by atoms with Crippen molar-refractivity contribution in [2.24, 2.45) is 0 Å². The molecule has 24 heavy (non-hydrogen) atoms. The standard InChI is InChI=1S/C17H17ClN4OS/c18-12-3-4-13-14(9-12)24-17(19-13)22-7-5-11(6-8-22)16-21-20-15(23-16)10-1-2-10/h3-4,9-11H,1-2,5-8H2. The number of hydrogen-bond acceptors (Lipinski definition) is 6. The number of hydrogen-bond donors (Lipinski definition) is 0. The highest BCUT2D eigenvalue weighted by atomic mass is 35.5. The topological polar surface area (TPSA) is 55.1 Å². The van der Waals surface area contributed by atoms with Crippen molar-refractivity contribution < 1.29 is 4.42 Å². The number of fused-ring (bicyclic) bond motifs is 1. The number of nitrogens with zero attached hydrogens (tertiary/aromatic N) is 4. The number of benzene rings is 1. The van der Waals surface area contributed by atoms with Crippen LogP contribution < -0.4 is 4.90 Å². The average molecular weight is 361 g/mol. The Kier molecular flexibility index (Phi) is 3.49. The molecule has 5 nitrogen and oxygen atoms in total. The van der Waals surface area contributed by atoms with Gasteiger partial charge in [-0.05, 0) is 43.9 Å². The summed E-state index contributed by atoms with van der Waals surface area (Å²) in [6.45, 7) is 1.94. The van der Waals surface area contributed by atoms with E-state index in [4.69, 9.17) is 21.0 Å². The van der Waals surface area contributed by atoms with Crippen molar-refractivity contribution in [3.05, 3.63) is 35.0 Å². The largest absolute Gasteiger partial charge is 0.425 e. The zero-order valence-corrected chi connectivity index (χ0v) is 14.7. The summed E-state index contributed by atoms with van der Waals surface area (Å²) in [4.78, 5) is 7.10. The van der Waals surface area contributed by atoms with E-state index in [0.29, 0.717) is 11.8 Å². The predicted octanol–water partition coefficient (Wildman–Crippen LogP) is 4.59. The van der Waals surface area contributed by atoms with Crippen LogP contribution in [0.1, 0.15) is 49.3 Å². The van der Waals surface area contributed by atoms with E-state index in [9.17, 15) is 0 Å². The number of anilines is 1. The summed E-state index contributed by atoms with van der Waals surface area (Å²) < 4.78 is 7.02. The summed E-state index contributed by atoms with van der Waals surface area (Å²) in [6, 6.07) is 5.87. The van der Waals surface area contributed by atoms with Gasteiger partial charge in [-0.1, -0.05) is 22.9 Å². The van der Waals surface area contributed by atoms with Gasteiger partial charge in [0.2, 0.25) is 11.8 Å². The van der Waals surface area contributed by atoms with E-state index in [1.54, 1.807) is 11.3 Å². The van der Waals surface area contributed by atoms with Crippen LogP contribution in [0.4, 0.5) is 5.13 Å². The van der Waals surface area contributed by atoms with Crippen LogP contribution in [0.15, 0.2) is 22.6 Å². The van der Waals surface area contributed by atoms with Gasteiger partial charge in [-0.15, -0.1) is 10.2 Å². The quantitative estimate of drug-likeness (QED) is 0.683. The molecule has 1 aliphatic carbocycles. The van der Waals surface area contributed by atoms with Crippen molar-refractivity contribution in [3.63, 3.8) is 0 Å². The van der Waals surface area contributed by atoms with Gasteiger partial charge in [0, 0.05) is 29.9 Å². The first-order valence-corrected chi connectivity index (χ1v) is 9.60. The molecular weight excluding hydrogens is 344 g/mol. The summed E-state index contributed by atoms with van der Waals surface area (Å²) in [6.07, 6.45) is 4.45. The predicted molar refractivity (Wildman–Crippen MR) is 95.1 cm³/mol. The van der Waals surface area contributed by atoms with Gasteiger partial charge in [0.05, 0.1) is 10.2 Å². The van der Waals surface area contributed by atoms with Gasteiger partial charge < -0.3 is 9.32 Å². The molecule has 0 atom stereocenters. The fraction of sp³-hybridized carbons (Fsp3) is 0.471. The summed E-state index contributed by atoms with van der Waals surface area (Å²) in [5, 5.41) is 10.3. The molecule has 5 rings (SSSR count). The molecule has 2 aromatic heterocycles. The molecule has 0 unspecified atom stereocenters. The Balaban J connectivity index is 1.29. The minimum atomic E-state index is 0.380. The normalized spacial score (nSPS) is 19.3. The summed E-state index contributed by atoms with van der Waals surface area (Å²) >= 11 is 7.78. The van der Waals surface area contributed by atoms with Gasteiger partial charge in [0.25, 0.3) is 0 Å². The van der Waals surface area contributed by atoms with E-state index in [-0.39, 0.29) is 0 Å². The molecular formula is C17H17ClN4OS. The summed E-state index contributed by atoms with van der Waals surface area (Å²) in [5.74, 6) is 2.58. The zero-order chi connectivity index (χ0) is 16.1. The number of aromatic nitrogens is 3. The first kappa shape index (κ1) is 14.7. The van der Waals surface area contributed by atoms with Crippen LogP contribution in [0, 0.1) is 0 Å². The van der Waals surface area contributed by atoms with Crippen LogP contribution >= 0.6 is 22.9 Å². The van der Waals surface area contributed by atoms with E-state index in [1.165, 1.54) is 12.8 Å². The second-order valence-corrected chi connectivity index (χ2v) is 8.07. The molecule has 0 spiro atoms. The summed E-state index contributed by atoms with van der Waals surface area (Å²) in [5.41, 5.74) is 1.02. The lowest BCUT2D eigenvalue weighted by Gasteiger charge is -2.30. The van der Waals surface area contributed by atoms with Gasteiger partial charge in [-0.3, -0.25) is 0 Å². The Labute approximate surface area is 148 Å². The molecule has 3 aromatic rings. The zero-order valence-electron chi connectivity index (χ0n) is 13.1. The van der Waals surface area contributed by atoms with Crippen LogP contribution in [0.2, 0.25) is 5.02 Å². The molecule has 7 heteroatoms. The first-order chi connectivity index (χ1) is 11.8. The van der Waals surface area contributed by atoms with Crippen LogP contribution in [0.5, 0.6) is 0 Å². The molecule has 0 amide bonds. The lowest BCUT2D eigenvalue weighted by atomic mass is 9.97. The number of thiazole rings is 1. The highest BCUT2D eigenvalue weighted by Gasteiger charge is 2.32. The van der Waals surface area contributed by atoms with E-state index in [1.807, 2.05) is 18.2 Å². The minimum Gasteiger partial charge on any atom is -0.425 e. The molecule has 2 aliphatic rings. The van der Waals surface area contributed by atoms with E-state index >= 15 is 0 Å². The molecule has 2 fully saturated rings. The Morgan fingerprint density at radius 2 is 1.75 bits per heavy atom. The molecule has 0 N–H and O–H groups in total. The van der Waals surface area contributed by atoms with Crippen molar-refractivity contribution in [2.45, 2.75) is 37.5 Å². The molecule has 1 aliphatic heterocycles. The van der Waals surface area contributed by atoms with Gasteiger partial charge in [0.1, 0.15) is 0 Å². The van der Waals surface area contributed by atoms with Crippen molar-refractivity contribution in [1.29, 1.82) is 0 Å². The maximum Gasteiger partial charge on any atom is 0.219 e. The third-order valence-electron chi connectivity index (χ3n) is 4.84. The summed E-state index contributed by atoms with van der Waals surface area (Å²) in [7, 11) is 0. The SMILES string of the molecule is Clc1ccc2nc(N3CCC(c4nnc(C5CC5)o4)CC3)sc2c1. The molecule has 1 aromatic carbocycles.